The first kappa shape index (κ1) is 12.5. The molecule has 1 aliphatic rings. The molecule has 0 radical (unpaired) electrons. The lowest BCUT2D eigenvalue weighted by Gasteiger charge is -2.12. The van der Waals surface area contributed by atoms with Crippen molar-refractivity contribution in [3.63, 3.8) is 0 Å². The first-order valence-corrected chi connectivity index (χ1v) is 7.19. The fourth-order valence-electron chi connectivity index (χ4n) is 2.33. The van der Waals surface area contributed by atoms with Crippen LogP contribution in [0.2, 0.25) is 0 Å². The van der Waals surface area contributed by atoms with Crippen molar-refractivity contribution in [1.82, 2.24) is 4.90 Å². The van der Waals surface area contributed by atoms with Crippen LogP contribution in [-0.4, -0.2) is 23.9 Å². The summed E-state index contributed by atoms with van der Waals surface area (Å²) >= 11 is 3.49. The number of furan rings is 1. The standard InChI is InChI=1S/C15H14BrNO2/c16-12-6-2-1-5-11(12)13-7-8-14(19-13)15(18)17-9-3-4-10-17/h1-2,5-8H,3-4,9-10H2. The van der Waals surface area contributed by atoms with E-state index in [9.17, 15) is 4.79 Å². The van der Waals surface area contributed by atoms with Gasteiger partial charge in [-0.1, -0.05) is 34.1 Å². The van der Waals surface area contributed by atoms with Gasteiger partial charge in [-0.3, -0.25) is 4.79 Å². The lowest BCUT2D eigenvalue weighted by atomic mass is 10.2. The zero-order chi connectivity index (χ0) is 13.2. The molecule has 98 valence electrons. The Hall–Kier alpha value is -1.55. The molecule has 0 unspecified atom stereocenters. The average molecular weight is 320 g/mol. The van der Waals surface area contributed by atoms with Gasteiger partial charge in [-0.15, -0.1) is 0 Å². The number of carbonyl (C=O) groups is 1. The lowest BCUT2D eigenvalue weighted by Crippen LogP contribution is -2.27. The Kier molecular flexibility index (Phi) is 3.42. The van der Waals surface area contributed by atoms with Gasteiger partial charge in [0, 0.05) is 23.1 Å². The Morgan fingerprint density at radius 3 is 2.58 bits per heavy atom. The number of carbonyl (C=O) groups excluding carboxylic acids is 1. The summed E-state index contributed by atoms with van der Waals surface area (Å²) in [5, 5.41) is 0. The maximum absolute atomic E-state index is 12.2. The molecule has 2 heterocycles. The highest BCUT2D eigenvalue weighted by Gasteiger charge is 2.22. The van der Waals surface area contributed by atoms with Crippen LogP contribution < -0.4 is 0 Å². The van der Waals surface area contributed by atoms with Crippen LogP contribution in [0.25, 0.3) is 11.3 Å². The van der Waals surface area contributed by atoms with Gasteiger partial charge in [0.2, 0.25) is 0 Å². The van der Waals surface area contributed by atoms with Gasteiger partial charge >= 0.3 is 0 Å². The SMILES string of the molecule is O=C(c1ccc(-c2ccccc2Br)o1)N1CCCC1. The first-order chi connectivity index (χ1) is 9.25. The summed E-state index contributed by atoms with van der Waals surface area (Å²) in [4.78, 5) is 14.0. The molecular formula is C15H14BrNO2. The van der Waals surface area contributed by atoms with E-state index < -0.39 is 0 Å². The highest BCUT2D eigenvalue weighted by molar-refractivity contribution is 9.10. The van der Waals surface area contributed by atoms with Crippen molar-refractivity contribution in [3.05, 3.63) is 46.6 Å². The molecule has 1 fully saturated rings. The maximum atomic E-state index is 12.2. The Morgan fingerprint density at radius 1 is 1.11 bits per heavy atom. The monoisotopic (exact) mass is 319 g/mol. The number of benzene rings is 1. The highest BCUT2D eigenvalue weighted by atomic mass is 79.9. The summed E-state index contributed by atoms with van der Waals surface area (Å²) in [5.74, 6) is 1.14. The summed E-state index contributed by atoms with van der Waals surface area (Å²) in [6.45, 7) is 1.67. The van der Waals surface area contributed by atoms with E-state index >= 15 is 0 Å². The number of nitrogens with zero attached hydrogens (tertiary/aromatic N) is 1. The van der Waals surface area contributed by atoms with Crippen LogP contribution in [0.5, 0.6) is 0 Å². The number of hydrogen-bond donors (Lipinski definition) is 0. The van der Waals surface area contributed by atoms with Crippen LogP contribution in [0.3, 0.4) is 0 Å². The number of hydrogen-bond acceptors (Lipinski definition) is 2. The van der Waals surface area contributed by atoms with Crippen LogP contribution in [0.4, 0.5) is 0 Å². The second kappa shape index (κ2) is 5.21. The van der Waals surface area contributed by atoms with Crippen molar-refractivity contribution >= 4 is 21.8 Å². The zero-order valence-corrected chi connectivity index (χ0v) is 12.0. The molecule has 1 aliphatic heterocycles. The number of halogens is 1. The number of rotatable bonds is 2. The van der Waals surface area contributed by atoms with Crippen molar-refractivity contribution in [2.24, 2.45) is 0 Å². The van der Waals surface area contributed by atoms with Crippen LogP contribution in [0.15, 0.2) is 45.3 Å². The molecule has 3 rings (SSSR count). The van der Waals surface area contributed by atoms with Gasteiger partial charge < -0.3 is 9.32 Å². The maximum Gasteiger partial charge on any atom is 0.289 e. The van der Waals surface area contributed by atoms with Crippen molar-refractivity contribution in [2.75, 3.05) is 13.1 Å². The van der Waals surface area contributed by atoms with E-state index in [1.165, 1.54) is 0 Å². The van der Waals surface area contributed by atoms with E-state index in [0.717, 1.165) is 41.7 Å². The topological polar surface area (TPSA) is 33.5 Å². The van der Waals surface area contributed by atoms with Gasteiger partial charge in [0.15, 0.2) is 5.76 Å². The van der Waals surface area contributed by atoms with Gasteiger partial charge in [-0.25, -0.2) is 0 Å². The normalized spacial score (nSPS) is 14.9. The van der Waals surface area contributed by atoms with E-state index in [-0.39, 0.29) is 5.91 Å². The van der Waals surface area contributed by atoms with Crippen LogP contribution >= 0.6 is 15.9 Å². The predicted octanol–water partition coefficient (Wildman–Crippen LogP) is 3.95. The smallest absolute Gasteiger partial charge is 0.289 e. The first-order valence-electron chi connectivity index (χ1n) is 6.40. The van der Waals surface area contributed by atoms with Gasteiger partial charge in [-0.2, -0.15) is 0 Å². The summed E-state index contributed by atoms with van der Waals surface area (Å²) in [6.07, 6.45) is 2.17. The minimum atomic E-state index is -0.00389. The molecule has 0 bridgehead atoms. The summed E-state index contributed by atoms with van der Waals surface area (Å²) < 4.78 is 6.67. The van der Waals surface area contributed by atoms with Gasteiger partial charge in [0.25, 0.3) is 5.91 Å². The third kappa shape index (κ3) is 2.45. The quantitative estimate of drug-likeness (QED) is 0.839. The molecule has 0 aliphatic carbocycles. The highest BCUT2D eigenvalue weighted by Crippen LogP contribution is 2.29. The third-order valence-electron chi connectivity index (χ3n) is 3.35. The third-order valence-corrected chi connectivity index (χ3v) is 4.04. The molecule has 3 nitrogen and oxygen atoms in total. The van der Waals surface area contributed by atoms with E-state index in [1.807, 2.05) is 35.2 Å². The van der Waals surface area contributed by atoms with Crippen LogP contribution in [0.1, 0.15) is 23.4 Å². The fourth-order valence-corrected chi connectivity index (χ4v) is 2.81. The van der Waals surface area contributed by atoms with Gasteiger partial charge in [0.05, 0.1) is 0 Å². The van der Waals surface area contributed by atoms with Crippen molar-refractivity contribution in [2.45, 2.75) is 12.8 Å². The van der Waals surface area contributed by atoms with Crippen molar-refractivity contribution in [3.8, 4) is 11.3 Å². The molecule has 1 aromatic heterocycles. The number of likely N-dealkylation sites (tertiary alicyclic amines) is 1. The summed E-state index contributed by atoms with van der Waals surface area (Å²) in [7, 11) is 0. The van der Waals surface area contributed by atoms with Crippen LogP contribution in [0, 0.1) is 0 Å². The minimum absolute atomic E-state index is 0.00389. The molecule has 19 heavy (non-hydrogen) atoms. The fraction of sp³-hybridized carbons (Fsp3) is 0.267. The molecule has 0 spiro atoms. The summed E-state index contributed by atoms with van der Waals surface area (Å²) in [5.41, 5.74) is 0.961. The van der Waals surface area contributed by atoms with Gasteiger partial charge in [-0.05, 0) is 31.0 Å². The molecule has 0 N–H and O–H groups in total. The molecular weight excluding hydrogens is 306 g/mol. The molecule has 0 atom stereocenters. The van der Waals surface area contributed by atoms with Crippen molar-refractivity contribution < 1.29 is 9.21 Å². The zero-order valence-electron chi connectivity index (χ0n) is 10.4. The molecule has 0 saturated carbocycles. The van der Waals surface area contributed by atoms with E-state index in [2.05, 4.69) is 15.9 Å². The predicted molar refractivity (Wildman–Crippen MR) is 77.0 cm³/mol. The Morgan fingerprint density at radius 2 is 1.84 bits per heavy atom. The van der Waals surface area contributed by atoms with E-state index in [0.29, 0.717) is 5.76 Å². The van der Waals surface area contributed by atoms with E-state index in [1.54, 1.807) is 6.07 Å². The minimum Gasteiger partial charge on any atom is -0.451 e. The van der Waals surface area contributed by atoms with Crippen molar-refractivity contribution in [1.29, 1.82) is 0 Å². The van der Waals surface area contributed by atoms with E-state index in [4.69, 9.17) is 4.42 Å². The Balaban J connectivity index is 1.87. The molecule has 1 saturated heterocycles. The average Bonchev–Trinajstić information content (AvgIpc) is 3.10. The lowest BCUT2D eigenvalue weighted by molar-refractivity contribution is 0.0762. The second-order valence-electron chi connectivity index (χ2n) is 4.64. The number of amides is 1. The molecule has 2 aromatic rings. The molecule has 1 aromatic carbocycles. The molecule has 4 heteroatoms. The largest absolute Gasteiger partial charge is 0.451 e. The molecule has 1 amide bonds. The Labute approximate surface area is 120 Å². The van der Waals surface area contributed by atoms with Crippen LogP contribution in [-0.2, 0) is 0 Å². The van der Waals surface area contributed by atoms with Gasteiger partial charge in [0.1, 0.15) is 5.76 Å². The summed E-state index contributed by atoms with van der Waals surface area (Å²) in [6, 6.07) is 11.4. The second-order valence-corrected chi connectivity index (χ2v) is 5.50. The Bertz CT molecular complexity index is 600.